The van der Waals surface area contributed by atoms with Crippen molar-refractivity contribution in [2.45, 2.75) is 19.8 Å². The van der Waals surface area contributed by atoms with Gasteiger partial charge in [-0.2, -0.15) is 8.15 Å². The van der Waals surface area contributed by atoms with Crippen LogP contribution < -0.4 is 0 Å². The van der Waals surface area contributed by atoms with Gasteiger partial charge in [-0.05, 0) is 6.42 Å². The summed E-state index contributed by atoms with van der Waals surface area (Å²) in [5.74, 6) is 0. The third kappa shape index (κ3) is 5.66. The Morgan fingerprint density at radius 3 is 2.30 bits per heavy atom. The SMILES string of the molecule is CCCCOP(OCl)OCl. The largest absolute Gasteiger partial charge is 0.368 e. The molecule has 0 aliphatic carbocycles. The van der Waals surface area contributed by atoms with Crippen molar-refractivity contribution in [2.75, 3.05) is 6.61 Å². The molecule has 3 nitrogen and oxygen atoms in total. The Kier molecular flexibility index (Phi) is 8.70. The molecule has 0 spiro atoms. The topological polar surface area (TPSA) is 27.7 Å². The molecule has 0 saturated heterocycles. The summed E-state index contributed by atoms with van der Waals surface area (Å²) in [6.45, 7) is 2.61. The molecule has 0 rings (SSSR count). The molecule has 0 aromatic heterocycles. The van der Waals surface area contributed by atoms with Gasteiger partial charge >= 0.3 is 8.60 Å². The molecule has 0 saturated carbocycles. The van der Waals surface area contributed by atoms with E-state index in [1.54, 1.807) is 0 Å². The third-order valence-electron chi connectivity index (χ3n) is 0.807. The first-order valence-electron chi connectivity index (χ1n) is 2.85. The van der Waals surface area contributed by atoms with Gasteiger partial charge in [-0.15, -0.1) is 0 Å². The van der Waals surface area contributed by atoms with Crippen LogP contribution in [-0.4, -0.2) is 6.61 Å². The van der Waals surface area contributed by atoms with Gasteiger partial charge in [-0.25, -0.2) is 0 Å². The lowest BCUT2D eigenvalue weighted by Crippen LogP contribution is -1.88. The zero-order chi connectivity index (χ0) is 7.82. The third-order valence-corrected chi connectivity index (χ3v) is 2.10. The van der Waals surface area contributed by atoms with E-state index in [1.165, 1.54) is 0 Å². The van der Waals surface area contributed by atoms with Gasteiger partial charge in [0.25, 0.3) is 0 Å². The van der Waals surface area contributed by atoms with Crippen molar-refractivity contribution < 1.29 is 12.7 Å². The Bertz CT molecular complexity index is 71.5. The van der Waals surface area contributed by atoms with Crippen LogP contribution in [0.4, 0.5) is 0 Å². The standard InChI is InChI=1S/C4H9Cl2O3P/c1-2-3-4-7-10(8-5)9-6/h2-4H2,1H3. The fourth-order valence-electron chi connectivity index (χ4n) is 0.334. The minimum atomic E-state index is -1.54. The van der Waals surface area contributed by atoms with Crippen molar-refractivity contribution in [1.29, 1.82) is 0 Å². The van der Waals surface area contributed by atoms with Crippen LogP contribution >= 0.6 is 32.3 Å². The Morgan fingerprint density at radius 2 is 1.90 bits per heavy atom. The van der Waals surface area contributed by atoms with E-state index >= 15 is 0 Å². The zero-order valence-corrected chi connectivity index (χ0v) is 7.96. The predicted molar refractivity (Wildman–Crippen MR) is 41.7 cm³/mol. The summed E-state index contributed by atoms with van der Waals surface area (Å²) in [6.07, 6.45) is 1.99. The summed E-state index contributed by atoms with van der Waals surface area (Å²) in [6, 6.07) is 0. The predicted octanol–water partition coefficient (Wildman–Crippen LogP) is 3.37. The molecular weight excluding hydrogens is 198 g/mol. The van der Waals surface area contributed by atoms with Crippen LogP contribution in [0.15, 0.2) is 0 Å². The highest BCUT2D eigenvalue weighted by Crippen LogP contribution is 2.42. The summed E-state index contributed by atoms with van der Waals surface area (Å²) in [7, 11) is -1.54. The summed E-state index contributed by atoms with van der Waals surface area (Å²) in [5, 5.41) is 0. The molecule has 0 radical (unpaired) electrons. The van der Waals surface area contributed by atoms with E-state index in [1.807, 2.05) is 0 Å². The lowest BCUT2D eigenvalue weighted by atomic mass is 10.4. The Balaban J connectivity index is 3.09. The normalized spacial score (nSPS) is 10.8. The van der Waals surface area contributed by atoms with Crippen LogP contribution in [0.1, 0.15) is 19.8 Å². The van der Waals surface area contributed by atoms with Gasteiger partial charge in [-0.1, -0.05) is 13.3 Å². The first kappa shape index (κ1) is 10.9. The highest BCUT2D eigenvalue weighted by atomic mass is 35.5. The molecule has 0 aliphatic rings. The van der Waals surface area contributed by atoms with E-state index in [9.17, 15) is 0 Å². The quantitative estimate of drug-likeness (QED) is 0.493. The second-order valence-electron chi connectivity index (χ2n) is 1.55. The summed E-state index contributed by atoms with van der Waals surface area (Å²) in [5.41, 5.74) is 0. The molecule has 0 aromatic carbocycles. The van der Waals surface area contributed by atoms with Gasteiger partial charge in [0.15, 0.2) is 0 Å². The maximum Gasteiger partial charge on any atom is 0.368 e. The number of rotatable bonds is 6. The van der Waals surface area contributed by atoms with Crippen LogP contribution in [0, 0.1) is 0 Å². The summed E-state index contributed by atoms with van der Waals surface area (Å²) < 4.78 is 13.4. The minimum Gasteiger partial charge on any atom is -0.310 e. The summed E-state index contributed by atoms with van der Waals surface area (Å²) >= 11 is 9.88. The number of unbranched alkanes of at least 4 members (excludes halogenated alkanes) is 1. The van der Waals surface area contributed by atoms with Crippen LogP contribution in [-0.2, 0) is 12.7 Å². The molecule has 0 heterocycles. The maximum atomic E-state index is 4.94. The highest BCUT2D eigenvalue weighted by Gasteiger charge is 2.09. The molecule has 0 fully saturated rings. The molecule has 0 unspecified atom stereocenters. The second-order valence-corrected chi connectivity index (χ2v) is 3.36. The molecule has 0 bridgehead atoms. The lowest BCUT2D eigenvalue weighted by Gasteiger charge is -2.05. The van der Waals surface area contributed by atoms with Crippen molar-refractivity contribution in [3.63, 3.8) is 0 Å². The molecule has 0 aliphatic heterocycles. The molecular formula is C4H9Cl2O3P. The molecule has 10 heavy (non-hydrogen) atoms. The zero-order valence-electron chi connectivity index (χ0n) is 5.55. The van der Waals surface area contributed by atoms with Gasteiger partial charge < -0.3 is 4.52 Å². The van der Waals surface area contributed by atoms with Crippen LogP contribution in [0.3, 0.4) is 0 Å². The molecule has 0 atom stereocenters. The van der Waals surface area contributed by atoms with Gasteiger partial charge in [0.05, 0.1) is 30.3 Å². The van der Waals surface area contributed by atoms with Gasteiger partial charge in [0.1, 0.15) is 0 Å². The smallest absolute Gasteiger partial charge is 0.310 e. The van der Waals surface area contributed by atoms with Crippen LogP contribution in [0.25, 0.3) is 0 Å². The van der Waals surface area contributed by atoms with Crippen LogP contribution in [0.5, 0.6) is 0 Å². The fourth-order valence-corrected chi connectivity index (χ4v) is 1.21. The van der Waals surface area contributed by atoms with E-state index < -0.39 is 8.60 Å². The Labute approximate surface area is 71.9 Å². The molecule has 6 heteroatoms. The molecule has 62 valence electrons. The lowest BCUT2D eigenvalue weighted by molar-refractivity contribution is 0.271. The number of hydrogen-bond acceptors (Lipinski definition) is 3. The first-order chi connectivity index (χ1) is 4.85. The van der Waals surface area contributed by atoms with Crippen molar-refractivity contribution in [3.8, 4) is 0 Å². The van der Waals surface area contributed by atoms with E-state index in [2.05, 4.69) is 15.1 Å². The second kappa shape index (κ2) is 7.99. The van der Waals surface area contributed by atoms with Crippen molar-refractivity contribution in [2.24, 2.45) is 0 Å². The van der Waals surface area contributed by atoms with Crippen molar-refractivity contribution >= 4 is 32.3 Å². The molecule has 0 amide bonds. The van der Waals surface area contributed by atoms with Crippen molar-refractivity contribution in [3.05, 3.63) is 0 Å². The van der Waals surface area contributed by atoms with E-state index in [0.717, 1.165) is 12.8 Å². The van der Waals surface area contributed by atoms with E-state index in [4.69, 9.17) is 28.3 Å². The summed E-state index contributed by atoms with van der Waals surface area (Å²) in [4.78, 5) is 0. The first-order valence-corrected chi connectivity index (χ1v) is 4.56. The minimum absolute atomic E-state index is 0.557. The number of halogens is 2. The Hall–Kier alpha value is 0.890. The molecule has 0 N–H and O–H groups in total. The average Bonchev–Trinajstić information content (AvgIpc) is 1.99. The Morgan fingerprint density at radius 1 is 1.30 bits per heavy atom. The number of hydrogen-bond donors (Lipinski definition) is 0. The van der Waals surface area contributed by atoms with Gasteiger partial charge in [0, 0.05) is 0 Å². The molecule has 0 aromatic rings. The maximum absolute atomic E-state index is 4.94. The average molecular weight is 207 g/mol. The van der Waals surface area contributed by atoms with Gasteiger partial charge in [0.2, 0.25) is 0 Å². The van der Waals surface area contributed by atoms with Crippen molar-refractivity contribution in [1.82, 2.24) is 0 Å². The van der Waals surface area contributed by atoms with Crippen LogP contribution in [0.2, 0.25) is 0 Å². The monoisotopic (exact) mass is 206 g/mol. The van der Waals surface area contributed by atoms with E-state index in [0.29, 0.717) is 6.61 Å². The van der Waals surface area contributed by atoms with E-state index in [-0.39, 0.29) is 0 Å². The highest BCUT2D eigenvalue weighted by molar-refractivity contribution is 7.43. The van der Waals surface area contributed by atoms with Gasteiger partial charge in [-0.3, -0.25) is 0 Å². The fraction of sp³-hybridized carbons (Fsp3) is 1.00.